The molecule has 0 radical (unpaired) electrons. The topological polar surface area (TPSA) is 102 Å². The van der Waals surface area contributed by atoms with Gasteiger partial charge >= 0.3 is 0 Å². The molecule has 0 unspecified atom stereocenters. The zero-order valence-corrected chi connectivity index (χ0v) is 22.1. The number of aromatic nitrogens is 2. The molecule has 9 heteroatoms. The Morgan fingerprint density at radius 2 is 1.97 bits per heavy atom. The lowest BCUT2D eigenvalue weighted by Crippen LogP contribution is -2.38. The second kappa shape index (κ2) is 12.7. The Bertz CT molecular complexity index is 1110. The summed E-state index contributed by atoms with van der Waals surface area (Å²) in [7, 11) is 0. The molecule has 2 amide bonds. The van der Waals surface area contributed by atoms with Crippen LogP contribution in [0.5, 0.6) is 0 Å². The molecule has 0 bridgehead atoms. The maximum absolute atomic E-state index is 13.4. The summed E-state index contributed by atoms with van der Waals surface area (Å²) in [6, 6.07) is 7.48. The summed E-state index contributed by atoms with van der Waals surface area (Å²) in [6.45, 7) is 5.95. The highest BCUT2D eigenvalue weighted by molar-refractivity contribution is 7.99. The normalized spacial score (nSPS) is 22.9. The van der Waals surface area contributed by atoms with Gasteiger partial charge in [0, 0.05) is 31.7 Å². The maximum Gasteiger partial charge on any atom is 0.262 e. The van der Waals surface area contributed by atoms with Crippen LogP contribution in [0.1, 0.15) is 58.8 Å². The molecule has 4 rings (SSSR count). The predicted molar refractivity (Wildman–Crippen MR) is 142 cm³/mol. The van der Waals surface area contributed by atoms with Gasteiger partial charge in [0.25, 0.3) is 5.56 Å². The fraction of sp³-hybridized carbons (Fsp3) is 0.630. The summed E-state index contributed by atoms with van der Waals surface area (Å²) < 4.78 is 7.35. The Hall–Kier alpha value is -2.39. The number of carbonyl (C=O) groups is 2. The van der Waals surface area contributed by atoms with Crippen molar-refractivity contribution in [1.29, 1.82) is 0 Å². The highest BCUT2D eigenvalue weighted by atomic mass is 32.2. The third-order valence-electron chi connectivity index (χ3n) is 7.37. The first-order valence-corrected chi connectivity index (χ1v) is 14.2. The molecule has 2 heterocycles. The van der Waals surface area contributed by atoms with Crippen molar-refractivity contribution >= 4 is 34.5 Å². The summed E-state index contributed by atoms with van der Waals surface area (Å²) in [5.41, 5.74) is 0.581. The van der Waals surface area contributed by atoms with Crippen molar-refractivity contribution in [2.75, 3.05) is 18.9 Å². The summed E-state index contributed by atoms with van der Waals surface area (Å²) in [5, 5.41) is 7.22. The molecule has 1 aliphatic carbocycles. The van der Waals surface area contributed by atoms with Crippen molar-refractivity contribution in [3.05, 3.63) is 34.6 Å². The van der Waals surface area contributed by atoms with Crippen molar-refractivity contribution in [2.24, 2.45) is 11.8 Å². The van der Waals surface area contributed by atoms with Gasteiger partial charge in [-0.1, -0.05) is 30.8 Å². The molecule has 1 aromatic heterocycles. The van der Waals surface area contributed by atoms with Crippen molar-refractivity contribution < 1.29 is 14.3 Å². The molecule has 8 nitrogen and oxygen atoms in total. The first-order valence-electron chi connectivity index (χ1n) is 13.3. The van der Waals surface area contributed by atoms with Crippen LogP contribution >= 0.6 is 11.8 Å². The predicted octanol–water partition coefficient (Wildman–Crippen LogP) is 3.50. The summed E-state index contributed by atoms with van der Waals surface area (Å²) >= 11 is 1.31. The highest BCUT2D eigenvalue weighted by Crippen LogP contribution is 2.31. The summed E-state index contributed by atoms with van der Waals surface area (Å²) in [6.07, 6.45) is 6.50. The van der Waals surface area contributed by atoms with Crippen LogP contribution in [-0.4, -0.2) is 52.4 Å². The number of nitrogens with one attached hydrogen (secondary N) is 2. The lowest BCUT2D eigenvalue weighted by Gasteiger charge is -2.29. The van der Waals surface area contributed by atoms with Crippen LogP contribution in [0.3, 0.4) is 0 Å². The standard InChI is InChI=1S/C27H38N4O4S/c1-3-18(2)29-24(32)17-36-27-30-23-9-5-4-8-22(23)26(34)31(27)16-19-10-12-20(13-11-19)25(33)28-15-21-7-6-14-35-21/h4-5,8-9,18-21H,3,6-7,10-17H2,1-2H3,(H,28,33)(H,29,32)/t18-,19?,20?,21+/m1/s1. The van der Waals surface area contributed by atoms with Crippen LogP contribution in [0.4, 0.5) is 0 Å². The van der Waals surface area contributed by atoms with Crippen molar-refractivity contribution in [3.63, 3.8) is 0 Å². The lowest BCUT2D eigenvalue weighted by molar-refractivity contribution is -0.126. The molecule has 2 atom stereocenters. The minimum absolute atomic E-state index is 0.0206. The largest absolute Gasteiger partial charge is 0.376 e. The van der Waals surface area contributed by atoms with E-state index >= 15 is 0 Å². The van der Waals surface area contributed by atoms with Gasteiger partial charge in [0.2, 0.25) is 11.8 Å². The molecule has 196 valence electrons. The van der Waals surface area contributed by atoms with Gasteiger partial charge < -0.3 is 15.4 Å². The van der Waals surface area contributed by atoms with Crippen LogP contribution in [0.2, 0.25) is 0 Å². The Balaban J connectivity index is 1.40. The number of para-hydroxylation sites is 1. The fourth-order valence-corrected chi connectivity index (χ4v) is 5.82. The Morgan fingerprint density at radius 1 is 1.19 bits per heavy atom. The van der Waals surface area contributed by atoms with Gasteiger partial charge in [-0.2, -0.15) is 0 Å². The van der Waals surface area contributed by atoms with Crippen LogP contribution in [0.15, 0.2) is 34.2 Å². The van der Waals surface area contributed by atoms with E-state index in [0.717, 1.165) is 51.6 Å². The van der Waals surface area contributed by atoms with Crippen molar-refractivity contribution in [3.8, 4) is 0 Å². The van der Waals surface area contributed by atoms with E-state index in [4.69, 9.17) is 9.72 Å². The third-order valence-corrected chi connectivity index (χ3v) is 8.34. The van der Waals surface area contributed by atoms with Gasteiger partial charge in [-0.05, 0) is 69.9 Å². The number of hydrogen-bond donors (Lipinski definition) is 2. The monoisotopic (exact) mass is 514 g/mol. The zero-order valence-electron chi connectivity index (χ0n) is 21.3. The number of amides is 2. The maximum atomic E-state index is 13.4. The molecule has 2 aromatic rings. The van der Waals surface area contributed by atoms with Gasteiger partial charge in [0.15, 0.2) is 5.16 Å². The molecular formula is C27H38N4O4S. The molecule has 2 fully saturated rings. The van der Waals surface area contributed by atoms with Gasteiger partial charge in [-0.15, -0.1) is 0 Å². The number of carbonyl (C=O) groups excluding carboxylic acids is 2. The summed E-state index contributed by atoms with van der Waals surface area (Å²) in [5.74, 6) is 0.593. The average Bonchev–Trinajstić information content (AvgIpc) is 3.42. The summed E-state index contributed by atoms with van der Waals surface area (Å²) in [4.78, 5) is 43.2. The number of nitrogens with zero attached hydrogens (tertiary/aromatic N) is 2. The van der Waals surface area contributed by atoms with Crippen molar-refractivity contribution in [2.45, 2.75) is 82.6 Å². The van der Waals surface area contributed by atoms with E-state index in [0.29, 0.717) is 35.1 Å². The minimum Gasteiger partial charge on any atom is -0.376 e. The van der Waals surface area contributed by atoms with E-state index in [1.165, 1.54) is 11.8 Å². The van der Waals surface area contributed by atoms with E-state index in [1.54, 1.807) is 10.6 Å². The molecule has 1 saturated carbocycles. The van der Waals surface area contributed by atoms with Crippen LogP contribution in [0, 0.1) is 11.8 Å². The smallest absolute Gasteiger partial charge is 0.262 e. The Morgan fingerprint density at radius 3 is 2.69 bits per heavy atom. The molecule has 1 aromatic carbocycles. The second-order valence-corrected chi connectivity index (χ2v) is 11.0. The van der Waals surface area contributed by atoms with Gasteiger partial charge in [0.1, 0.15) is 0 Å². The molecule has 1 saturated heterocycles. The molecular weight excluding hydrogens is 476 g/mol. The molecule has 2 N–H and O–H groups in total. The zero-order chi connectivity index (χ0) is 25.5. The Labute approximate surface area is 217 Å². The number of ether oxygens (including phenoxy) is 1. The molecule has 0 spiro atoms. The van der Waals surface area contributed by atoms with Gasteiger partial charge in [-0.3, -0.25) is 19.0 Å². The fourth-order valence-electron chi connectivity index (χ4n) is 5.00. The first-order chi connectivity index (χ1) is 17.4. The molecule has 1 aliphatic heterocycles. The quantitative estimate of drug-likeness (QED) is 0.372. The number of fused-ring (bicyclic) bond motifs is 1. The van der Waals surface area contributed by atoms with Gasteiger partial charge in [0.05, 0.1) is 22.8 Å². The number of rotatable bonds is 10. The number of hydrogen-bond acceptors (Lipinski definition) is 6. The van der Waals surface area contributed by atoms with E-state index in [-0.39, 0.29) is 41.2 Å². The van der Waals surface area contributed by atoms with Gasteiger partial charge in [-0.25, -0.2) is 4.98 Å². The average molecular weight is 515 g/mol. The molecule has 36 heavy (non-hydrogen) atoms. The second-order valence-electron chi connectivity index (χ2n) is 10.1. The van der Waals surface area contributed by atoms with E-state index in [2.05, 4.69) is 10.6 Å². The third kappa shape index (κ3) is 6.88. The van der Waals surface area contributed by atoms with Crippen LogP contribution in [0.25, 0.3) is 10.9 Å². The molecule has 2 aliphatic rings. The van der Waals surface area contributed by atoms with Crippen LogP contribution < -0.4 is 16.2 Å². The Kier molecular flexibility index (Phi) is 9.42. The van der Waals surface area contributed by atoms with E-state index < -0.39 is 0 Å². The lowest BCUT2D eigenvalue weighted by atomic mass is 9.81. The van der Waals surface area contributed by atoms with E-state index in [1.807, 2.05) is 32.0 Å². The minimum atomic E-state index is -0.0677. The number of thioether (sulfide) groups is 1. The van der Waals surface area contributed by atoms with Crippen molar-refractivity contribution in [1.82, 2.24) is 20.2 Å². The SMILES string of the molecule is CC[C@@H](C)NC(=O)CSc1nc2ccccc2c(=O)n1CC1CCC(C(=O)NC[C@@H]2CCCO2)CC1. The van der Waals surface area contributed by atoms with E-state index in [9.17, 15) is 14.4 Å². The van der Waals surface area contributed by atoms with Crippen LogP contribution in [-0.2, 0) is 20.9 Å². The number of benzene rings is 1. The highest BCUT2D eigenvalue weighted by Gasteiger charge is 2.28. The first kappa shape index (κ1) is 26.7.